The molecule has 0 unspecified atom stereocenters. The Labute approximate surface area is 307 Å². The predicted octanol–water partition coefficient (Wildman–Crippen LogP) is 14.6. The molecule has 11 aromatic rings. The van der Waals surface area contributed by atoms with Crippen molar-refractivity contribution in [2.75, 3.05) is 13.2 Å². The Morgan fingerprint density at radius 2 is 0.500 bits per heavy atom. The SMILES string of the molecule is CCCCOc1c2c(c(OCCCC)c3c1c1c4cc(C)c(C)cc4c3c3cc(C)c(C)cc31)c1c3cc(C)c(C)cc3c2c2cc(C)c(C)cc21. The number of aryl methyl sites for hydroxylation is 8. The number of unbranched alkanes of at least 4 members (excludes halogenated alkanes) is 2. The summed E-state index contributed by atoms with van der Waals surface area (Å²) in [4.78, 5) is 0. The summed E-state index contributed by atoms with van der Waals surface area (Å²) in [5, 5.41) is 20.6. The highest BCUT2D eigenvalue weighted by Gasteiger charge is 2.31. The van der Waals surface area contributed by atoms with Crippen LogP contribution in [0.4, 0.5) is 0 Å². The van der Waals surface area contributed by atoms with Crippen molar-refractivity contribution >= 4 is 86.2 Å². The van der Waals surface area contributed by atoms with Crippen molar-refractivity contribution in [2.45, 2.75) is 94.9 Å². The van der Waals surface area contributed by atoms with Gasteiger partial charge in [0.15, 0.2) is 0 Å². The minimum absolute atomic E-state index is 0.676. The van der Waals surface area contributed by atoms with Crippen LogP contribution >= 0.6 is 0 Å². The summed E-state index contributed by atoms with van der Waals surface area (Å²) < 4.78 is 14.6. The van der Waals surface area contributed by atoms with Crippen LogP contribution in [0.5, 0.6) is 11.5 Å². The third kappa shape index (κ3) is 4.42. The van der Waals surface area contributed by atoms with E-state index in [2.05, 4.69) is 118 Å². The van der Waals surface area contributed by atoms with E-state index >= 15 is 0 Å². The predicted molar refractivity (Wildman–Crippen MR) is 228 cm³/mol. The van der Waals surface area contributed by atoms with E-state index in [0.29, 0.717) is 13.2 Å². The maximum atomic E-state index is 7.28. The first-order chi connectivity index (χ1) is 25.0. The van der Waals surface area contributed by atoms with Crippen LogP contribution < -0.4 is 9.47 Å². The van der Waals surface area contributed by atoms with Gasteiger partial charge in [0, 0.05) is 43.1 Å². The zero-order valence-corrected chi connectivity index (χ0v) is 32.7. The molecule has 0 aromatic heterocycles. The highest BCUT2D eigenvalue weighted by molar-refractivity contribution is 6.49. The van der Waals surface area contributed by atoms with Gasteiger partial charge in [-0.15, -0.1) is 0 Å². The maximum Gasteiger partial charge on any atom is 0.136 e. The van der Waals surface area contributed by atoms with Gasteiger partial charge in [0.05, 0.1) is 13.2 Å². The first kappa shape index (κ1) is 33.0. The lowest BCUT2D eigenvalue weighted by atomic mass is 9.78. The van der Waals surface area contributed by atoms with Gasteiger partial charge < -0.3 is 9.47 Å². The minimum Gasteiger partial charge on any atom is -0.492 e. The molecular weight excluding hydrogens is 633 g/mol. The van der Waals surface area contributed by atoms with Gasteiger partial charge in [-0.05, 0) is 156 Å². The highest BCUT2D eigenvalue weighted by atomic mass is 16.5. The maximum absolute atomic E-state index is 7.28. The van der Waals surface area contributed by atoms with Gasteiger partial charge in [0.2, 0.25) is 0 Å². The van der Waals surface area contributed by atoms with Crippen LogP contribution in [-0.2, 0) is 0 Å². The van der Waals surface area contributed by atoms with Crippen LogP contribution in [0.1, 0.15) is 84.0 Å². The lowest BCUT2D eigenvalue weighted by Crippen LogP contribution is -2.06. The van der Waals surface area contributed by atoms with E-state index in [1.165, 1.54) is 131 Å². The fraction of sp³-hybridized carbons (Fsp3) is 0.320. The second kappa shape index (κ2) is 11.9. The van der Waals surface area contributed by atoms with Gasteiger partial charge >= 0.3 is 0 Å². The molecule has 2 heteroatoms. The van der Waals surface area contributed by atoms with Gasteiger partial charge in [-0.3, -0.25) is 0 Å². The van der Waals surface area contributed by atoms with Gasteiger partial charge in [0.1, 0.15) is 11.5 Å². The number of benzene rings is 11. The van der Waals surface area contributed by atoms with Crippen molar-refractivity contribution < 1.29 is 9.47 Å². The Hall–Kier alpha value is -4.82. The van der Waals surface area contributed by atoms with Crippen LogP contribution in [0.25, 0.3) is 86.2 Å². The Kier molecular flexibility index (Phi) is 7.53. The van der Waals surface area contributed by atoms with Crippen LogP contribution in [0, 0.1) is 55.4 Å². The lowest BCUT2D eigenvalue weighted by molar-refractivity contribution is 0.312. The van der Waals surface area contributed by atoms with E-state index in [-0.39, 0.29) is 0 Å². The molecule has 52 heavy (non-hydrogen) atoms. The Bertz CT molecular complexity index is 2410. The summed E-state index contributed by atoms with van der Waals surface area (Å²) in [6.45, 7) is 23.9. The number of ether oxygens (including phenoxy) is 2. The monoisotopic (exact) mass is 682 g/mol. The van der Waals surface area contributed by atoms with E-state index in [1.807, 2.05) is 0 Å². The molecule has 2 nitrogen and oxygen atoms in total. The number of rotatable bonds is 8. The third-order valence-electron chi connectivity index (χ3n) is 12.6. The summed E-state index contributed by atoms with van der Waals surface area (Å²) in [5.74, 6) is 2.06. The van der Waals surface area contributed by atoms with Crippen LogP contribution in [0.3, 0.4) is 0 Å². The van der Waals surface area contributed by atoms with E-state index in [0.717, 1.165) is 37.2 Å². The molecule has 0 saturated heterocycles. The lowest BCUT2D eigenvalue weighted by Gasteiger charge is -2.28. The van der Waals surface area contributed by atoms with Crippen molar-refractivity contribution in [2.24, 2.45) is 0 Å². The Morgan fingerprint density at radius 1 is 0.308 bits per heavy atom. The van der Waals surface area contributed by atoms with Crippen molar-refractivity contribution in [3.8, 4) is 11.5 Å². The molecule has 11 rings (SSSR count). The number of hydrogen-bond acceptors (Lipinski definition) is 2. The molecule has 262 valence electrons. The van der Waals surface area contributed by atoms with Crippen molar-refractivity contribution in [3.63, 3.8) is 0 Å². The van der Waals surface area contributed by atoms with Crippen LogP contribution in [-0.4, -0.2) is 13.2 Å². The minimum atomic E-state index is 0.676. The van der Waals surface area contributed by atoms with Gasteiger partial charge in [-0.1, -0.05) is 75.2 Å². The highest BCUT2D eigenvalue weighted by Crippen LogP contribution is 2.59. The average molecular weight is 683 g/mol. The first-order valence-corrected chi connectivity index (χ1v) is 19.5. The fourth-order valence-corrected chi connectivity index (χ4v) is 9.16. The molecule has 11 aromatic carbocycles. The van der Waals surface area contributed by atoms with Gasteiger partial charge in [0.25, 0.3) is 0 Å². The molecule has 0 amide bonds. The first-order valence-electron chi connectivity index (χ1n) is 19.5. The molecule has 0 saturated carbocycles. The molecule has 0 aliphatic heterocycles. The molecule has 0 radical (unpaired) electrons. The van der Waals surface area contributed by atoms with Crippen molar-refractivity contribution in [3.05, 3.63) is 93.0 Å². The van der Waals surface area contributed by atoms with Crippen LogP contribution in [0.15, 0.2) is 48.5 Å². The van der Waals surface area contributed by atoms with Gasteiger partial charge in [-0.25, -0.2) is 0 Å². The standard InChI is InChI=1S/C50H50O2/c1-11-13-15-51-49-45-41-33-17-25(3)29(7)21-37(33)43(38-22-30(8)26(4)18-34(38)41)47(45)50(52-16-14-12-2)48-44-39-23-31(9)27(5)19-35(39)42(46(48)49)36-20-28(6)32(10)24-40(36)44/h17-24H,11-16H2,1-10H3. The Morgan fingerprint density at radius 3 is 0.673 bits per heavy atom. The average Bonchev–Trinajstić information content (AvgIpc) is 3.11. The Balaban J connectivity index is 1.68. The van der Waals surface area contributed by atoms with Gasteiger partial charge in [-0.2, -0.15) is 0 Å². The van der Waals surface area contributed by atoms with Crippen LogP contribution in [0.2, 0.25) is 0 Å². The largest absolute Gasteiger partial charge is 0.492 e. The summed E-state index contributed by atoms with van der Waals surface area (Å²) in [6, 6.07) is 19.5. The van der Waals surface area contributed by atoms with Crippen molar-refractivity contribution in [1.29, 1.82) is 0 Å². The van der Waals surface area contributed by atoms with E-state index in [4.69, 9.17) is 9.47 Å². The van der Waals surface area contributed by atoms with E-state index in [1.54, 1.807) is 0 Å². The molecule has 0 N–H and O–H groups in total. The molecule has 0 spiro atoms. The van der Waals surface area contributed by atoms with Crippen molar-refractivity contribution in [1.82, 2.24) is 0 Å². The zero-order chi connectivity index (χ0) is 36.3. The number of hydrogen-bond donors (Lipinski definition) is 0. The quantitative estimate of drug-likeness (QED) is 0.117. The second-order valence-corrected chi connectivity index (χ2v) is 16.0. The molecule has 0 aliphatic carbocycles. The molecule has 0 heterocycles. The summed E-state index contributed by atoms with van der Waals surface area (Å²) in [6.07, 6.45) is 4.17. The molecule has 4 bridgehead atoms. The summed E-state index contributed by atoms with van der Waals surface area (Å²) in [7, 11) is 0. The van der Waals surface area contributed by atoms with E-state index in [9.17, 15) is 0 Å². The third-order valence-corrected chi connectivity index (χ3v) is 12.6. The normalized spacial score (nSPS) is 12.5. The second-order valence-electron chi connectivity index (χ2n) is 16.0. The fourth-order valence-electron chi connectivity index (χ4n) is 9.16. The smallest absolute Gasteiger partial charge is 0.136 e. The topological polar surface area (TPSA) is 18.5 Å². The molecule has 0 atom stereocenters. The zero-order valence-electron chi connectivity index (χ0n) is 32.7. The molecule has 0 aliphatic rings. The molecular formula is C50H50O2. The van der Waals surface area contributed by atoms with E-state index < -0.39 is 0 Å². The summed E-state index contributed by atoms with van der Waals surface area (Å²) >= 11 is 0. The summed E-state index contributed by atoms with van der Waals surface area (Å²) in [5.41, 5.74) is 10.6. The molecule has 0 fully saturated rings.